The summed E-state index contributed by atoms with van der Waals surface area (Å²) in [4.78, 5) is 0. The lowest BCUT2D eigenvalue weighted by atomic mass is 9.89. The molecule has 1 aromatic rings. The van der Waals surface area contributed by atoms with Gasteiger partial charge in [0, 0.05) is 18.9 Å². The SMILES string of the molecule is CNCCc1nnc(C2CC3CCC2C3)o1. The van der Waals surface area contributed by atoms with Crippen LogP contribution in [0.1, 0.15) is 43.4 Å². The molecule has 1 heterocycles. The minimum Gasteiger partial charge on any atom is -0.425 e. The first-order chi connectivity index (χ1) is 7.86. The van der Waals surface area contributed by atoms with Gasteiger partial charge in [0.2, 0.25) is 11.8 Å². The van der Waals surface area contributed by atoms with Gasteiger partial charge in [-0.15, -0.1) is 10.2 Å². The van der Waals surface area contributed by atoms with Crippen molar-refractivity contribution in [2.24, 2.45) is 11.8 Å². The van der Waals surface area contributed by atoms with E-state index in [9.17, 15) is 0 Å². The number of aromatic nitrogens is 2. The van der Waals surface area contributed by atoms with Crippen molar-refractivity contribution in [3.05, 3.63) is 11.8 Å². The van der Waals surface area contributed by atoms with E-state index in [1.807, 2.05) is 7.05 Å². The van der Waals surface area contributed by atoms with Gasteiger partial charge in [0.05, 0.1) is 0 Å². The Hall–Kier alpha value is -0.900. The third kappa shape index (κ3) is 1.75. The van der Waals surface area contributed by atoms with Crippen LogP contribution in [-0.2, 0) is 6.42 Å². The maximum Gasteiger partial charge on any atom is 0.219 e. The molecule has 16 heavy (non-hydrogen) atoms. The van der Waals surface area contributed by atoms with Gasteiger partial charge in [-0.1, -0.05) is 6.42 Å². The van der Waals surface area contributed by atoms with Gasteiger partial charge >= 0.3 is 0 Å². The van der Waals surface area contributed by atoms with Crippen molar-refractivity contribution in [2.75, 3.05) is 13.6 Å². The Morgan fingerprint density at radius 3 is 2.94 bits per heavy atom. The molecule has 0 spiro atoms. The fourth-order valence-corrected chi connectivity index (χ4v) is 3.30. The molecule has 3 atom stereocenters. The van der Waals surface area contributed by atoms with E-state index in [2.05, 4.69) is 15.5 Å². The fraction of sp³-hybridized carbons (Fsp3) is 0.833. The zero-order valence-corrected chi connectivity index (χ0v) is 9.78. The van der Waals surface area contributed by atoms with Crippen molar-refractivity contribution in [1.82, 2.24) is 15.5 Å². The molecule has 3 unspecified atom stereocenters. The van der Waals surface area contributed by atoms with E-state index < -0.39 is 0 Å². The largest absolute Gasteiger partial charge is 0.425 e. The predicted octanol–water partition coefficient (Wildman–Crippen LogP) is 1.74. The first-order valence-electron chi connectivity index (χ1n) is 6.33. The molecule has 1 N–H and O–H groups in total. The van der Waals surface area contributed by atoms with Crippen LogP contribution in [-0.4, -0.2) is 23.8 Å². The first-order valence-corrected chi connectivity index (χ1v) is 6.33. The van der Waals surface area contributed by atoms with Crippen LogP contribution in [0.2, 0.25) is 0 Å². The second kappa shape index (κ2) is 4.17. The monoisotopic (exact) mass is 221 g/mol. The van der Waals surface area contributed by atoms with Crippen LogP contribution < -0.4 is 5.32 Å². The number of nitrogens with one attached hydrogen (secondary N) is 1. The maximum atomic E-state index is 5.76. The molecule has 4 heteroatoms. The molecule has 2 fully saturated rings. The number of nitrogens with zero attached hydrogens (tertiary/aromatic N) is 2. The molecule has 2 aliphatic carbocycles. The maximum absolute atomic E-state index is 5.76. The van der Waals surface area contributed by atoms with Crippen LogP contribution in [0.25, 0.3) is 0 Å². The molecule has 2 bridgehead atoms. The second-order valence-corrected chi connectivity index (χ2v) is 5.17. The Morgan fingerprint density at radius 1 is 1.31 bits per heavy atom. The molecule has 0 radical (unpaired) electrons. The average Bonchev–Trinajstić information content (AvgIpc) is 3.01. The van der Waals surface area contributed by atoms with Crippen LogP contribution in [0.3, 0.4) is 0 Å². The van der Waals surface area contributed by atoms with Crippen molar-refractivity contribution >= 4 is 0 Å². The first kappa shape index (κ1) is 10.3. The molecular formula is C12H19N3O. The second-order valence-electron chi connectivity index (χ2n) is 5.17. The number of likely N-dealkylation sites (N-methyl/N-ethyl adjacent to an activating group) is 1. The Bertz CT molecular complexity index is 363. The third-order valence-electron chi connectivity index (χ3n) is 4.13. The van der Waals surface area contributed by atoms with Gasteiger partial charge in [-0.3, -0.25) is 0 Å². The van der Waals surface area contributed by atoms with Crippen LogP contribution in [0.15, 0.2) is 4.42 Å². The molecule has 2 aliphatic rings. The highest BCUT2D eigenvalue weighted by Gasteiger charge is 2.42. The minimum absolute atomic E-state index is 0.564. The molecule has 0 aliphatic heterocycles. The van der Waals surface area contributed by atoms with Gasteiger partial charge in [0.1, 0.15) is 0 Å². The van der Waals surface area contributed by atoms with Crippen molar-refractivity contribution < 1.29 is 4.42 Å². The summed E-state index contributed by atoms with van der Waals surface area (Å²) >= 11 is 0. The lowest BCUT2D eigenvalue weighted by Crippen LogP contribution is -2.10. The van der Waals surface area contributed by atoms with E-state index in [0.29, 0.717) is 5.92 Å². The highest BCUT2D eigenvalue weighted by molar-refractivity contribution is 5.04. The Morgan fingerprint density at radius 2 is 2.25 bits per heavy atom. The van der Waals surface area contributed by atoms with Crippen LogP contribution >= 0.6 is 0 Å². The third-order valence-corrected chi connectivity index (χ3v) is 4.13. The molecular weight excluding hydrogens is 202 g/mol. The lowest BCUT2D eigenvalue weighted by molar-refractivity contribution is 0.335. The van der Waals surface area contributed by atoms with Crippen LogP contribution in [0.5, 0.6) is 0 Å². The van der Waals surface area contributed by atoms with Crippen molar-refractivity contribution in [2.45, 2.75) is 38.0 Å². The van der Waals surface area contributed by atoms with E-state index in [0.717, 1.165) is 36.6 Å². The Labute approximate surface area is 95.8 Å². The number of hydrogen-bond donors (Lipinski definition) is 1. The average molecular weight is 221 g/mol. The summed E-state index contributed by atoms with van der Waals surface area (Å²) in [6.07, 6.45) is 6.28. The summed E-state index contributed by atoms with van der Waals surface area (Å²) in [6.45, 7) is 0.901. The molecule has 88 valence electrons. The Kier molecular flexibility index (Phi) is 2.67. The standard InChI is InChI=1S/C12H19N3O/c1-13-5-4-11-14-15-12(16-11)10-7-8-2-3-9(10)6-8/h8-10,13H,2-7H2,1H3. The number of fused-ring (bicyclic) bond motifs is 2. The number of rotatable bonds is 4. The summed E-state index contributed by atoms with van der Waals surface area (Å²) in [7, 11) is 1.94. The van der Waals surface area contributed by atoms with E-state index in [1.165, 1.54) is 25.7 Å². The van der Waals surface area contributed by atoms with Gasteiger partial charge < -0.3 is 9.73 Å². The highest BCUT2D eigenvalue weighted by atomic mass is 16.4. The zero-order chi connectivity index (χ0) is 11.0. The normalized spacial score (nSPS) is 32.4. The highest BCUT2D eigenvalue weighted by Crippen LogP contribution is 2.52. The minimum atomic E-state index is 0.564. The number of hydrogen-bond acceptors (Lipinski definition) is 4. The molecule has 0 aromatic carbocycles. The summed E-state index contributed by atoms with van der Waals surface area (Å²) < 4.78 is 5.76. The zero-order valence-electron chi connectivity index (χ0n) is 9.78. The van der Waals surface area contributed by atoms with Gasteiger partial charge in [0.25, 0.3) is 0 Å². The summed E-state index contributed by atoms with van der Waals surface area (Å²) in [6, 6.07) is 0. The van der Waals surface area contributed by atoms with Crippen molar-refractivity contribution in [3.8, 4) is 0 Å². The van der Waals surface area contributed by atoms with Crippen molar-refractivity contribution in [3.63, 3.8) is 0 Å². The summed E-state index contributed by atoms with van der Waals surface area (Å²) in [5.41, 5.74) is 0. The van der Waals surface area contributed by atoms with Crippen molar-refractivity contribution in [1.29, 1.82) is 0 Å². The molecule has 4 nitrogen and oxygen atoms in total. The Balaban J connectivity index is 1.68. The smallest absolute Gasteiger partial charge is 0.219 e. The van der Waals surface area contributed by atoms with Gasteiger partial charge in [0.15, 0.2) is 0 Å². The topological polar surface area (TPSA) is 51.0 Å². The van der Waals surface area contributed by atoms with E-state index in [4.69, 9.17) is 4.42 Å². The van der Waals surface area contributed by atoms with Crippen LogP contribution in [0, 0.1) is 11.8 Å². The van der Waals surface area contributed by atoms with Gasteiger partial charge in [-0.2, -0.15) is 0 Å². The molecule has 0 saturated heterocycles. The molecule has 0 amide bonds. The fourth-order valence-electron chi connectivity index (χ4n) is 3.30. The van der Waals surface area contributed by atoms with Gasteiger partial charge in [-0.25, -0.2) is 0 Å². The predicted molar refractivity (Wildman–Crippen MR) is 60.1 cm³/mol. The van der Waals surface area contributed by atoms with E-state index >= 15 is 0 Å². The van der Waals surface area contributed by atoms with E-state index in [1.54, 1.807) is 0 Å². The molecule has 2 saturated carbocycles. The molecule has 3 rings (SSSR count). The van der Waals surface area contributed by atoms with Crippen LogP contribution in [0.4, 0.5) is 0 Å². The summed E-state index contributed by atoms with van der Waals surface area (Å²) in [5, 5.41) is 11.4. The summed E-state index contributed by atoms with van der Waals surface area (Å²) in [5.74, 6) is 4.00. The quantitative estimate of drug-likeness (QED) is 0.841. The van der Waals surface area contributed by atoms with E-state index in [-0.39, 0.29) is 0 Å². The molecule has 1 aromatic heterocycles. The van der Waals surface area contributed by atoms with Gasteiger partial charge in [-0.05, 0) is 38.1 Å². The lowest BCUT2D eigenvalue weighted by Gasteiger charge is -2.17.